The first-order chi connectivity index (χ1) is 13.5. The Labute approximate surface area is 168 Å². The number of aryl methyl sites for hydroxylation is 2. The molecule has 2 aromatic carbocycles. The zero-order valence-corrected chi connectivity index (χ0v) is 16.9. The van der Waals surface area contributed by atoms with Gasteiger partial charge in [-0.2, -0.15) is 0 Å². The molecule has 8 nitrogen and oxygen atoms in total. The van der Waals surface area contributed by atoms with Gasteiger partial charge in [-0.1, -0.05) is 18.2 Å². The van der Waals surface area contributed by atoms with E-state index in [1.807, 2.05) is 0 Å². The predicted octanol–water partition coefficient (Wildman–Crippen LogP) is 4.02. The van der Waals surface area contributed by atoms with Crippen molar-refractivity contribution in [3.05, 3.63) is 81.2 Å². The van der Waals surface area contributed by atoms with Gasteiger partial charge in [0.05, 0.1) is 9.79 Å². The third kappa shape index (κ3) is 5.06. The van der Waals surface area contributed by atoms with Crippen molar-refractivity contribution in [3.8, 4) is 0 Å². The van der Waals surface area contributed by atoms with Crippen LogP contribution in [0.4, 0.5) is 16.0 Å². The second-order valence-electron chi connectivity index (χ2n) is 6.03. The highest BCUT2D eigenvalue weighted by Crippen LogP contribution is 2.31. The second-order valence-corrected chi connectivity index (χ2v) is 9.24. The SMILES string of the molecule is Cc1cc(C)nc([N-]S(=O)(=O)c2ccc([N-]S(=O)(=O)c3ccc(F)cc3)cc2)n1. The standard InChI is InChI=1S/C18H15FN4O4S2/c1-12-11-13(2)21-18(20-12)23-29(26,27)17-9-5-15(6-10-17)22-28(24,25)16-7-3-14(19)4-8-16/h3-11H,1-2H3/q-2. The van der Waals surface area contributed by atoms with E-state index in [4.69, 9.17) is 0 Å². The summed E-state index contributed by atoms with van der Waals surface area (Å²) in [6.07, 6.45) is 0. The Morgan fingerprint density at radius 3 is 1.69 bits per heavy atom. The molecule has 0 radical (unpaired) electrons. The van der Waals surface area contributed by atoms with Gasteiger partial charge in [0.15, 0.2) is 0 Å². The first-order valence-corrected chi connectivity index (χ1v) is 11.1. The second kappa shape index (κ2) is 7.76. The van der Waals surface area contributed by atoms with Crippen molar-refractivity contribution in [1.29, 1.82) is 0 Å². The Hall–Kier alpha value is -3.05. The summed E-state index contributed by atoms with van der Waals surface area (Å²) in [6.45, 7) is 3.39. The molecule has 3 rings (SSSR count). The third-order valence-corrected chi connectivity index (χ3v) is 6.23. The predicted molar refractivity (Wildman–Crippen MR) is 105 cm³/mol. The van der Waals surface area contributed by atoms with E-state index in [1.54, 1.807) is 19.9 Å². The van der Waals surface area contributed by atoms with Gasteiger partial charge in [0.25, 0.3) is 0 Å². The van der Waals surface area contributed by atoms with Gasteiger partial charge >= 0.3 is 0 Å². The fourth-order valence-corrected chi connectivity index (χ4v) is 4.25. The van der Waals surface area contributed by atoms with E-state index >= 15 is 0 Å². The van der Waals surface area contributed by atoms with E-state index in [-0.39, 0.29) is 21.4 Å². The average Bonchev–Trinajstić information content (AvgIpc) is 2.61. The smallest absolute Gasteiger partial charge is 0.229 e. The van der Waals surface area contributed by atoms with Crippen LogP contribution < -0.4 is 0 Å². The van der Waals surface area contributed by atoms with Crippen LogP contribution in [-0.4, -0.2) is 26.8 Å². The van der Waals surface area contributed by atoms with Crippen molar-refractivity contribution in [3.63, 3.8) is 0 Å². The monoisotopic (exact) mass is 434 g/mol. The number of benzene rings is 2. The minimum absolute atomic E-state index is 0.0101. The minimum Gasteiger partial charge on any atom is -0.573 e. The van der Waals surface area contributed by atoms with Gasteiger partial charge in [-0.25, -0.2) is 21.2 Å². The summed E-state index contributed by atoms with van der Waals surface area (Å²) in [7, 11) is -8.17. The summed E-state index contributed by atoms with van der Waals surface area (Å²) in [5.41, 5.74) is 1.16. The maximum absolute atomic E-state index is 13.0. The molecule has 0 saturated heterocycles. The number of hydrogen-bond donors (Lipinski definition) is 0. The fraction of sp³-hybridized carbons (Fsp3) is 0.111. The van der Waals surface area contributed by atoms with Crippen molar-refractivity contribution in [2.24, 2.45) is 0 Å². The molecule has 0 saturated carbocycles. The number of rotatable bonds is 6. The van der Waals surface area contributed by atoms with Gasteiger partial charge < -0.3 is 14.7 Å². The summed E-state index contributed by atoms with van der Waals surface area (Å²) in [5, 5.41) is 0. The van der Waals surface area contributed by atoms with Crippen molar-refractivity contribution < 1.29 is 21.2 Å². The first kappa shape index (κ1) is 20.7. The van der Waals surface area contributed by atoms with Gasteiger partial charge in [-0.05, 0) is 61.6 Å². The van der Waals surface area contributed by atoms with Gasteiger partial charge in [0.1, 0.15) is 15.8 Å². The van der Waals surface area contributed by atoms with Crippen molar-refractivity contribution in [2.75, 3.05) is 0 Å². The van der Waals surface area contributed by atoms with E-state index in [1.165, 1.54) is 24.3 Å². The quantitative estimate of drug-likeness (QED) is 0.577. The van der Waals surface area contributed by atoms with Gasteiger partial charge in [0, 0.05) is 5.95 Å². The molecule has 152 valence electrons. The molecule has 0 spiro atoms. The Bertz CT molecular complexity index is 1220. The van der Waals surface area contributed by atoms with Crippen LogP contribution in [0.3, 0.4) is 0 Å². The number of sulfonamides is 2. The number of nitrogens with zero attached hydrogens (tertiary/aromatic N) is 4. The molecule has 3 aromatic rings. The molecule has 1 aromatic heterocycles. The molecule has 1 heterocycles. The van der Waals surface area contributed by atoms with Crippen LogP contribution in [0.25, 0.3) is 9.44 Å². The highest BCUT2D eigenvalue weighted by Gasteiger charge is 2.12. The fourth-order valence-electron chi connectivity index (χ4n) is 2.39. The zero-order chi connectivity index (χ0) is 21.2. The Balaban J connectivity index is 1.79. The van der Waals surface area contributed by atoms with E-state index in [9.17, 15) is 21.2 Å². The van der Waals surface area contributed by atoms with E-state index in [0.29, 0.717) is 11.4 Å². The lowest BCUT2D eigenvalue weighted by molar-refractivity contribution is 0.600. The molecular weight excluding hydrogens is 419 g/mol. The lowest BCUT2D eigenvalue weighted by atomic mass is 10.3. The molecular formula is C18H15FN4O4S2-2. The average molecular weight is 434 g/mol. The van der Waals surface area contributed by atoms with Crippen LogP contribution >= 0.6 is 0 Å². The maximum atomic E-state index is 13.0. The zero-order valence-electron chi connectivity index (χ0n) is 15.3. The molecule has 0 aliphatic carbocycles. The highest BCUT2D eigenvalue weighted by atomic mass is 32.2. The molecule has 0 unspecified atom stereocenters. The molecule has 0 atom stereocenters. The Morgan fingerprint density at radius 2 is 1.17 bits per heavy atom. The van der Waals surface area contributed by atoms with E-state index in [2.05, 4.69) is 19.4 Å². The largest absolute Gasteiger partial charge is 0.573 e. The topological polar surface area (TPSA) is 122 Å². The molecule has 0 N–H and O–H groups in total. The Morgan fingerprint density at radius 1 is 0.724 bits per heavy atom. The summed E-state index contributed by atoms with van der Waals surface area (Å²) in [4.78, 5) is 7.59. The molecule has 0 bridgehead atoms. The molecule has 0 amide bonds. The summed E-state index contributed by atoms with van der Waals surface area (Å²) in [6, 6.07) is 10.7. The number of halogens is 1. The lowest BCUT2D eigenvalue weighted by Gasteiger charge is -2.22. The van der Waals surface area contributed by atoms with Crippen molar-refractivity contribution in [1.82, 2.24) is 9.97 Å². The summed E-state index contributed by atoms with van der Waals surface area (Å²) < 4.78 is 69.6. The van der Waals surface area contributed by atoms with E-state index < -0.39 is 25.9 Å². The van der Waals surface area contributed by atoms with Crippen LogP contribution in [0.1, 0.15) is 11.4 Å². The normalized spacial score (nSPS) is 11.8. The van der Waals surface area contributed by atoms with Gasteiger partial charge in [-0.15, -0.1) is 5.69 Å². The molecule has 0 aliphatic heterocycles. The van der Waals surface area contributed by atoms with Crippen LogP contribution in [0.2, 0.25) is 0 Å². The van der Waals surface area contributed by atoms with Gasteiger partial charge in [0.2, 0.25) is 10.0 Å². The van der Waals surface area contributed by atoms with Crippen LogP contribution in [0.15, 0.2) is 64.4 Å². The van der Waals surface area contributed by atoms with E-state index in [0.717, 1.165) is 24.3 Å². The van der Waals surface area contributed by atoms with Gasteiger partial charge in [-0.3, -0.25) is 4.72 Å². The summed E-state index contributed by atoms with van der Waals surface area (Å²) in [5.74, 6) is -0.759. The Kier molecular flexibility index (Phi) is 5.53. The molecule has 0 fully saturated rings. The first-order valence-electron chi connectivity index (χ1n) is 8.19. The summed E-state index contributed by atoms with van der Waals surface area (Å²) >= 11 is 0. The number of hydrogen-bond acceptors (Lipinski definition) is 6. The molecule has 29 heavy (non-hydrogen) atoms. The third-order valence-electron chi connectivity index (χ3n) is 3.64. The minimum atomic E-state index is -4.10. The maximum Gasteiger partial charge on any atom is 0.229 e. The van der Waals surface area contributed by atoms with Crippen LogP contribution in [-0.2, 0) is 20.0 Å². The molecule has 0 aliphatic rings. The highest BCUT2D eigenvalue weighted by molar-refractivity contribution is 7.94. The van der Waals surface area contributed by atoms with Crippen LogP contribution in [0, 0.1) is 19.7 Å². The molecule has 11 heteroatoms. The number of aromatic nitrogens is 2. The van der Waals surface area contributed by atoms with Crippen molar-refractivity contribution in [2.45, 2.75) is 23.6 Å². The van der Waals surface area contributed by atoms with Crippen LogP contribution in [0.5, 0.6) is 0 Å². The van der Waals surface area contributed by atoms with Crippen molar-refractivity contribution >= 4 is 31.7 Å². The lowest BCUT2D eigenvalue weighted by Crippen LogP contribution is -2.01.